The van der Waals surface area contributed by atoms with Crippen LogP contribution in [-0.2, 0) is 16.2 Å². The molecule has 1 amide bonds. The lowest BCUT2D eigenvalue weighted by molar-refractivity contribution is -0.138. The molecule has 0 atom stereocenters. The van der Waals surface area contributed by atoms with E-state index in [-0.39, 0.29) is 25.4 Å². The number of pyridine rings is 1. The second kappa shape index (κ2) is 7.03. The zero-order valence-electron chi connectivity index (χ0n) is 12.7. The minimum Gasteiger partial charge on any atom is -0.336 e. The molecule has 0 unspecified atom stereocenters. The molecule has 1 aromatic heterocycles. The van der Waals surface area contributed by atoms with Crippen molar-refractivity contribution in [1.29, 1.82) is 0 Å². The summed E-state index contributed by atoms with van der Waals surface area (Å²) in [6.07, 6.45) is -2.88. The summed E-state index contributed by atoms with van der Waals surface area (Å²) >= 11 is 0. The van der Waals surface area contributed by atoms with Gasteiger partial charge in [-0.05, 0) is 6.07 Å². The predicted molar refractivity (Wildman–Crippen MR) is 79.6 cm³/mol. The number of alkyl halides is 3. The van der Waals surface area contributed by atoms with E-state index in [0.29, 0.717) is 19.3 Å². The summed E-state index contributed by atoms with van der Waals surface area (Å²) in [4.78, 5) is 18.9. The molecule has 2 rings (SSSR count). The molecule has 134 valence electrons. The number of carbonyl (C=O) groups excluding carboxylic acids is 1. The van der Waals surface area contributed by atoms with Gasteiger partial charge in [-0.25, -0.2) is 13.6 Å². The molecule has 1 aliphatic heterocycles. The molecule has 1 aliphatic rings. The quantitative estimate of drug-likeness (QED) is 0.818. The van der Waals surface area contributed by atoms with Crippen LogP contribution in [0.2, 0.25) is 0 Å². The van der Waals surface area contributed by atoms with Gasteiger partial charge in [0, 0.05) is 45.1 Å². The van der Waals surface area contributed by atoms with E-state index < -0.39 is 33.2 Å². The summed E-state index contributed by atoms with van der Waals surface area (Å²) in [5.74, 6) is -0.917. The van der Waals surface area contributed by atoms with Gasteiger partial charge in [-0.3, -0.25) is 14.7 Å². The van der Waals surface area contributed by atoms with Crippen LogP contribution in [-0.4, -0.2) is 67.6 Å². The lowest BCUT2D eigenvalue weighted by atomic mass is 10.1. The normalized spacial score (nSPS) is 17.1. The highest BCUT2D eigenvalue weighted by Crippen LogP contribution is 2.31. The number of carbonyl (C=O) groups is 1. The van der Waals surface area contributed by atoms with Crippen molar-refractivity contribution in [1.82, 2.24) is 14.8 Å². The molecule has 7 nitrogen and oxygen atoms in total. The summed E-state index contributed by atoms with van der Waals surface area (Å²) in [6.45, 7) is 1.39. The van der Waals surface area contributed by atoms with Gasteiger partial charge in [0.25, 0.3) is 5.91 Å². The Morgan fingerprint density at radius 3 is 2.42 bits per heavy atom. The minimum atomic E-state index is -4.66. The number of hydrogen-bond donors (Lipinski definition) is 1. The van der Waals surface area contributed by atoms with Crippen molar-refractivity contribution in [3.63, 3.8) is 0 Å². The largest absolute Gasteiger partial charge is 0.418 e. The number of rotatable bonds is 4. The van der Waals surface area contributed by atoms with Gasteiger partial charge in [0.2, 0.25) is 10.0 Å². The Bertz CT molecular complexity index is 701. The van der Waals surface area contributed by atoms with Crippen LogP contribution < -0.4 is 5.14 Å². The number of nitrogens with two attached hydrogens (primary N) is 1. The summed E-state index contributed by atoms with van der Waals surface area (Å²) in [7, 11) is -3.57. The molecule has 1 aromatic rings. The van der Waals surface area contributed by atoms with Crippen LogP contribution >= 0.6 is 0 Å². The molecule has 0 saturated carbocycles. The van der Waals surface area contributed by atoms with Crippen LogP contribution in [0.1, 0.15) is 15.9 Å². The van der Waals surface area contributed by atoms with E-state index in [4.69, 9.17) is 5.14 Å². The summed E-state index contributed by atoms with van der Waals surface area (Å²) in [5.41, 5.74) is -1.50. The first-order valence-corrected chi connectivity index (χ1v) is 8.83. The third kappa shape index (κ3) is 4.89. The summed E-state index contributed by atoms with van der Waals surface area (Å²) in [6, 6.07) is 1.05. The van der Waals surface area contributed by atoms with Crippen molar-refractivity contribution in [2.24, 2.45) is 5.14 Å². The summed E-state index contributed by atoms with van der Waals surface area (Å²) < 4.78 is 60.8. The lowest BCUT2D eigenvalue weighted by Crippen LogP contribution is -2.50. The number of halogens is 3. The van der Waals surface area contributed by atoms with E-state index in [0.717, 1.165) is 12.3 Å². The van der Waals surface area contributed by atoms with Crippen molar-refractivity contribution in [3.8, 4) is 0 Å². The van der Waals surface area contributed by atoms with E-state index in [1.807, 2.05) is 0 Å². The van der Waals surface area contributed by atoms with Gasteiger partial charge in [0.1, 0.15) is 0 Å². The molecule has 0 radical (unpaired) electrons. The molecule has 0 bridgehead atoms. The molecular formula is C13H17F3N4O3S. The Balaban J connectivity index is 2.01. The Hall–Kier alpha value is -1.72. The maximum atomic E-state index is 13.0. The van der Waals surface area contributed by atoms with Crippen molar-refractivity contribution in [2.75, 3.05) is 38.5 Å². The number of amides is 1. The molecule has 2 N–H and O–H groups in total. The first-order valence-electron chi connectivity index (χ1n) is 7.11. The Morgan fingerprint density at radius 2 is 1.88 bits per heavy atom. The molecular weight excluding hydrogens is 349 g/mol. The fourth-order valence-corrected chi connectivity index (χ4v) is 2.92. The van der Waals surface area contributed by atoms with E-state index in [1.54, 1.807) is 4.90 Å². The highest BCUT2D eigenvalue weighted by molar-refractivity contribution is 7.89. The monoisotopic (exact) mass is 366 g/mol. The smallest absolute Gasteiger partial charge is 0.336 e. The van der Waals surface area contributed by atoms with Crippen molar-refractivity contribution < 1.29 is 26.4 Å². The van der Waals surface area contributed by atoms with Crippen LogP contribution in [0, 0.1) is 0 Å². The molecule has 1 fully saturated rings. The van der Waals surface area contributed by atoms with Gasteiger partial charge < -0.3 is 4.90 Å². The highest BCUT2D eigenvalue weighted by atomic mass is 32.2. The van der Waals surface area contributed by atoms with Gasteiger partial charge in [0.15, 0.2) is 0 Å². The standard InChI is InChI=1S/C13H17F3N4O3S/c14-13(15,16)11-9-18-2-1-10(11)12(21)20-5-3-19(4-6-20)7-8-24(17,22)23/h1-2,9H,3-8H2,(H2,17,22,23). The highest BCUT2D eigenvalue weighted by Gasteiger charge is 2.37. The third-order valence-corrected chi connectivity index (χ3v) is 4.46. The van der Waals surface area contributed by atoms with Gasteiger partial charge in [-0.1, -0.05) is 0 Å². The van der Waals surface area contributed by atoms with Crippen molar-refractivity contribution in [3.05, 3.63) is 29.6 Å². The number of sulfonamides is 1. The van der Waals surface area contributed by atoms with Gasteiger partial charge >= 0.3 is 6.18 Å². The topological polar surface area (TPSA) is 96.6 Å². The van der Waals surface area contributed by atoms with Gasteiger partial charge in [-0.15, -0.1) is 0 Å². The van der Waals surface area contributed by atoms with E-state index in [9.17, 15) is 26.4 Å². The fourth-order valence-electron chi connectivity index (χ4n) is 2.41. The third-order valence-electron chi connectivity index (χ3n) is 3.71. The minimum absolute atomic E-state index is 0.205. The number of aromatic nitrogens is 1. The zero-order chi connectivity index (χ0) is 18.0. The molecule has 2 heterocycles. The first-order chi connectivity index (χ1) is 11.1. The maximum Gasteiger partial charge on any atom is 0.418 e. The van der Waals surface area contributed by atoms with Crippen LogP contribution in [0.3, 0.4) is 0 Å². The van der Waals surface area contributed by atoms with Crippen LogP contribution in [0.5, 0.6) is 0 Å². The average Bonchev–Trinajstić information content (AvgIpc) is 2.51. The molecule has 11 heteroatoms. The Morgan fingerprint density at radius 1 is 1.25 bits per heavy atom. The van der Waals surface area contributed by atoms with Gasteiger partial charge in [0.05, 0.1) is 16.9 Å². The number of primary sulfonamides is 1. The Labute approximate surface area is 137 Å². The number of nitrogens with zero attached hydrogens (tertiary/aromatic N) is 3. The average molecular weight is 366 g/mol. The molecule has 0 aliphatic carbocycles. The number of piperazine rings is 1. The van der Waals surface area contributed by atoms with Crippen molar-refractivity contribution >= 4 is 15.9 Å². The van der Waals surface area contributed by atoms with E-state index in [2.05, 4.69) is 4.98 Å². The molecule has 0 aromatic carbocycles. The van der Waals surface area contributed by atoms with E-state index >= 15 is 0 Å². The van der Waals surface area contributed by atoms with Gasteiger partial charge in [-0.2, -0.15) is 13.2 Å². The lowest BCUT2D eigenvalue weighted by Gasteiger charge is -2.34. The number of hydrogen-bond acceptors (Lipinski definition) is 5. The molecule has 1 saturated heterocycles. The molecule has 24 heavy (non-hydrogen) atoms. The van der Waals surface area contributed by atoms with Crippen LogP contribution in [0.25, 0.3) is 0 Å². The zero-order valence-corrected chi connectivity index (χ0v) is 13.5. The first kappa shape index (κ1) is 18.6. The second-order valence-corrected chi connectivity index (χ2v) is 7.15. The second-order valence-electron chi connectivity index (χ2n) is 5.42. The van der Waals surface area contributed by atoms with Crippen LogP contribution in [0.4, 0.5) is 13.2 Å². The maximum absolute atomic E-state index is 13.0. The van der Waals surface area contributed by atoms with Crippen molar-refractivity contribution in [2.45, 2.75) is 6.18 Å². The SMILES string of the molecule is NS(=O)(=O)CCN1CCN(C(=O)c2ccncc2C(F)(F)F)CC1. The summed E-state index contributed by atoms with van der Waals surface area (Å²) in [5, 5.41) is 4.93. The van der Waals surface area contributed by atoms with Crippen LogP contribution in [0.15, 0.2) is 18.5 Å². The molecule has 0 spiro atoms. The predicted octanol–water partition coefficient (Wildman–Crippen LogP) is 0.147. The Kier molecular flexibility index (Phi) is 5.45. The van der Waals surface area contributed by atoms with E-state index in [1.165, 1.54) is 4.90 Å². The fraction of sp³-hybridized carbons (Fsp3) is 0.538.